The zero-order valence-electron chi connectivity index (χ0n) is 6.99. The SMILES string of the molecule is c1snnc1CC1CCNCC1. The number of piperidine rings is 1. The Balaban J connectivity index is 1.86. The van der Waals surface area contributed by atoms with Crippen molar-refractivity contribution >= 4 is 11.5 Å². The summed E-state index contributed by atoms with van der Waals surface area (Å²) in [5, 5.41) is 9.48. The van der Waals surface area contributed by atoms with Gasteiger partial charge in [0.2, 0.25) is 0 Å². The fourth-order valence-electron chi connectivity index (χ4n) is 1.65. The van der Waals surface area contributed by atoms with E-state index in [0.717, 1.165) is 12.3 Å². The average molecular weight is 183 g/mol. The van der Waals surface area contributed by atoms with Gasteiger partial charge in [0.25, 0.3) is 0 Å². The molecule has 0 saturated carbocycles. The van der Waals surface area contributed by atoms with Crippen LogP contribution in [0.4, 0.5) is 0 Å². The van der Waals surface area contributed by atoms with Crippen LogP contribution in [0.5, 0.6) is 0 Å². The van der Waals surface area contributed by atoms with E-state index in [2.05, 4.69) is 20.3 Å². The topological polar surface area (TPSA) is 37.8 Å². The molecule has 2 rings (SSSR count). The molecule has 0 aromatic carbocycles. The molecule has 1 N–H and O–H groups in total. The van der Waals surface area contributed by atoms with Gasteiger partial charge in [0.05, 0.1) is 5.69 Å². The van der Waals surface area contributed by atoms with Crippen LogP contribution in [0.25, 0.3) is 0 Å². The van der Waals surface area contributed by atoms with Crippen LogP contribution < -0.4 is 5.32 Å². The molecule has 1 aliphatic heterocycles. The molecule has 66 valence electrons. The molecule has 3 nitrogen and oxygen atoms in total. The van der Waals surface area contributed by atoms with E-state index >= 15 is 0 Å². The highest BCUT2D eigenvalue weighted by Gasteiger charge is 2.14. The third kappa shape index (κ3) is 2.01. The Morgan fingerprint density at radius 2 is 2.33 bits per heavy atom. The first-order valence-electron chi connectivity index (χ1n) is 4.42. The molecule has 0 atom stereocenters. The maximum atomic E-state index is 4.06. The summed E-state index contributed by atoms with van der Waals surface area (Å²) in [5.41, 5.74) is 1.17. The molecule has 4 heteroatoms. The molecule has 1 fully saturated rings. The number of nitrogens with zero attached hydrogens (tertiary/aromatic N) is 2. The smallest absolute Gasteiger partial charge is 0.0758 e. The molecule has 0 radical (unpaired) electrons. The van der Waals surface area contributed by atoms with E-state index in [-0.39, 0.29) is 0 Å². The molecular formula is C8H13N3S. The van der Waals surface area contributed by atoms with Crippen molar-refractivity contribution in [1.82, 2.24) is 14.9 Å². The molecule has 0 aliphatic carbocycles. The van der Waals surface area contributed by atoms with Crippen molar-refractivity contribution in [3.63, 3.8) is 0 Å². The van der Waals surface area contributed by atoms with Crippen LogP contribution in [0.15, 0.2) is 5.38 Å². The number of hydrogen-bond donors (Lipinski definition) is 1. The van der Waals surface area contributed by atoms with Crippen molar-refractivity contribution in [2.45, 2.75) is 19.3 Å². The van der Waals surface area contributed by atoms with Crippen molar-refractivity contribution in [2.24, 2.45) is 5.92 Å². The number of aromatic nitrogens is 2. The molecule has 1 aromatic heterocycles. The Labute approximate surface area is 76.4 Å². The van der Waals surface area contributed by atoms with E-state index in [1.54, 1.807) is 0 Å². The lowest BCUT2D eigenvalue weighted by molar-refractivity contribution is 0.370. The quantitative estimate of drug-likeness (QED) is 0.745. The summed E-state index contributed by atoms with van der Waals surface area (Å²) < 4.78 is 3.86. The average Bonchev–Trinajstić information content (AvgIpc) is 2.59. The first-order chi connectivity index (χ1) is 5.95. The van der Waals surface area contributed by atoms with Gasteiger partial charge in [-0.1, -0.05) is 4.49 Å². The predicted molar refractivity (Wildman–Crippen MR) is 49.2 cm³/mol. The predicted octanol–water partition coefficient (Wildman–Crippen LogP) is 1.08. The van der Waals surface area contributed by atoms with Crippen molar-refractivity contribution in [2.75, 3.05) is 13.1 Å². The van der Waals surface area contributed by atoms with Gasteiger partial charge in [-0.05, 0) is 49.8 Å². The van der Waals surface area contributed by atoms with Crippen molar-refractivity contribution < 1.29 is 0 Å². The molecule has 12 heavy (non-hydrogen) atoms. The van der Waals surface area contributed by atoms with Crippen LogP contribution >= 0.6 is 11.5 Å². The Hall–Kier alpha value is -0.480. The highest BCUT2D eigenvalue weighted by molar-refractivity contribution is 7.03. The van der Waals surface area contributed by atoms with E-state index in [4.69, 9.17) is 0 Å². The minimum atomic E-state index is 0.829. The van der Waals surface area contributed by atoms with Crippen LogP contribution in [0.1, 0.15) is 18.5 Å². The Morgan fingerprint density at radius 1 is 1.50 bits per heavy atom. The molecule has 1 aromatic rings. The summed E-state index contributed by atoms with van der Waals surface area (Å²) in [6.07, 6.45) is 3.70. The first-order valence-corrected chi connectivity index (χ1v) is 5.25. The van der Waals surface area contributed by atoms with Gasteiger partial charge in [0, 0.05) is 5.38 Å². The Bertz CT molecular complexity index is 216. The first kappa shape index (κ1) is 8.13. The number of hydrogen-bond acceptors (Lipinski definition) is 4. The van der Waals surface area contributed by atoms with Gasteiger partial charge < -0.3 is 5.32 Å². The summed E-state index contributed by atoms with van der Waals surface area (Å²) in [7, 11) is 0. The zero-order valence-corrected chi connectivity index (χ0v) is 7.81. The van der Waals surface area contributed by atoms with E-state index in [1.165, 1.54) is 43.2 Å². The number of nitrogens with one attached hydrogen (secondary N) is 1. The van der Waals surface area contributed by atoms with Crippen molar-refractivity contribution in [1.29, 1.82) is 0 Å². The zero-order chi connectivity index (χ0) is 8.23. The van der Waals surface area contributed by atoms with E-state index in [0.29, 0.717) is 0 Å². The van der Waals surface area contributed by atoms with Gasteiger partial charge in [-0.2, -0.15) is 0 Å². The molecule has 0 spiro atoms. The fourth-order valence-corrected chi connectivity index (χ4v) is 2.12. The van der Waals surface area contributed by atoms with Gasteiger partial charge >= 0.3 is 0 Å². The minimum Gasteiger partial charge on any atom is -0.317 e. The highest BCUT2D eigenvalue weighted by atomic mass is 32.1. The van der Waals surface area contributed by atoms with Gasteiger partial charge in [0.1, 0.15) is 0 Å². The molecule has 0 bridgehead atoms. The van der Waals surface area contributed by atoms with E-state index < -0.39 is 0 Å². The van der Waals surface area contributed by atoms with Gasteiger partial charge in [-0.15, -0.1) is 5.10 Å². The summed E-state index contributed by atoms with van der Waals surface area (Å²) in [6.45, 7) is 2.34. The van der Waals surface area contributed by atoms with Crippen molar-refractivity contribution in [3.05, 3.63) is 11.1 Å². The second kappa shape index (κ2) is 3.96. The molecule has 0 amide bonds. The summed E-state index contributed by atoms with van der Waals surface area (Å²) in [6, 6.07) is 0. The Morgan fingerprint density at radius 3 is 3.00 bits per heavy atom. The van der Waals surface area contributed by atoms with Crippen LogP contribution in [0.2, 0.25) is 0 Å². The molecular weight excluding hydrogens is 170 g/mol. The van der Waals surface area contributed by atoms with E-state index in [9.17, 15) is 0 Å². The lowest BCUT2D eigenvalue weighted by atomic mass is 9.94. The number of rotatable bonds is 2. The minimum absolute atomic E-state index is 0.829. The van der Waals surface area contributed by atoms with Crippen LogP contribution in [-0.2, 0) is 6.42 Å². The maximum absolute atomic E-state index is 4.06. The third-order valence-corrected chi connectivity index (χ3v) is 2.92. The lowest BCUT2D eigenvalue weighted by Crippen LogP contribution is -2.28. The molecule has 2 heterocycles. The van der Waals surface area contributed by atoms with Crippen molar-refractivity contribution in [3.8, 4) is 0 Å². The fraction of sp³-hybridized carbons (Fsp3) is 0.750. The summed E-state index contributed by atoms with van der Waals surface area (Å²) in [4.78, 5) is 0. The summed E-state index contributed by atoms with van der Waals surface area (Å²) >= 11 is 1.45. The Kier molecular flexibility index (Phi) is 2.68. The van der Waals surface area contributed by atoms with Crippen LogP contribution in [0, 0.1) is 5.92 Å². The largest absolute Gasteiger partial charge is 0.317 e. The monoisotopic (exact) mass is 183 g/mol. The highest BCUT2D eigenvalue weighted by Crippen LogP contribution is 2.16. The second-order valence-corrected chi connectivity index (χ2v) is 3.90. The summed E-state index contributed by atoms with van der Waals surface area (Å²) in [5.74, 6) is 0.829. The third-order valence-electron chi connectivity index (χ3n) is 2.36. The van der Waals surface area contributed by atoms with Crippen LogP contribution in [0.3, 0.4) is 0 Å². The molecule has 1 aliphatic rings. The molecule has 1 saturated heterocycles. The standard InChI is InChI=1S/C8H13N3S/c1-3-9-4-2-7(1)5-8-6-12-11-10-8/h6-7,9H,1-5H2. The normalized spacial score (nSPS) is 19.7. The van der Waals surface area contributed by atoms with Gasteiger partial charge in [-0.3, -0.25) is 0 Å². The van der Waals surface area contributed by atoms with Gasteiger partial charge in [0.15, 0.2) is 0 Å². The maximum Gasteiger partial charge on any atom is 0.0758 e. The molecule has 0 unspecified atom stereocenters. The lowest BCUT2D eigenvalue weighted by Gasteiger charge is -2.21. The van der Waals surface area contributed by atoms with Crippen LogP contribution in [-0.4, -0.2) is 22.7 Å². The second-order valence-electron chi connectivity index (χ2n) is 3.29. The van der Waals surface area contributed by atoms with Gasteiger partial charge in [-0.25, -0.2) is 0 Å². The van der Waals surface area contributed by atoms with E-state index in [1.807, 2.05) is 0 Å².